The molecule has 3 N–H and O–H groups in total. The van der Waals surface area contributed by atoms with Gasteiger partial charge in [-0.25, -0.2) is 0 Å². The first-order valence-corrected chi connectivity index (χ1v) is 6.61. The third-order valence-electron chi connectivity index (χ3n) is 2.56. The zero-order chi connectivity index (χ0) is 13.7. The summed E-state index contributed by atoms with van der Waals surface area (Å²) in [5, 5.41) is 2.91. The van der Waals surface area contributed by atoms with Crippen LogP contribution < -0.4 is 15.8 Å². The molecule has 1 aromatic rings. The van der Waals surface area contributed by atoms with Crippen molar-refractivity contribution in [1.82, 2.24) is 5.32 Å². The zero-order valence-electron chi connectivity index (χ0n) is 10.9. The van der Waals surface area contributed by atoms with Gasteiger partial charge in [-0.15, -0.1) is 0 Å². The first kappa shape index (κ1) is 15.0. The van der Waals surface area contributed by atoms with Gasteiger partial charge in [0.25, 0.3) is 0 Å². The number of carbonyl (C=O) groups excluding carboxylic acids is 1. The second-order valence-corrected chi connectivity index (χ2v) is 5.22. The maximum atomic E-state index is 11.6. The molecule has 18 heavy (non-hydrogen) atoms. The van der Waals surface area contributed by atoms with E-state index in [2.05, 4.69) is 21.2 Å². The van der Waals surface area contributed by atoms with E-state index < -0.39 is 0 Å². The first-order chi connectivity index (χ1) is 8.43. The summed E-state index contributed by atoms with van der Waals surface area (Å²) in [4.78, 5) is 11.6. The van der Waals surface area contributed by atoms with Gasteiger partial charge in [0.1, 0.15) is 5.75 Å². The highest BCUT2D eigenvalue weighted by atomic mass is 79.9. The van der Waals surface area contributed by atoms with E-state index in [0.717, 1.165) is 15.8 Å². The Balaban J connectivity index is 2.69. The number of rotatable bonds is 5. The molecule has 0 aromatic heterocycles. The molecule has 2 atom stereocenters. The summed E-state index contributed by atoms with van der Waals surface area (Å²) in [6.45, 7) is 3.75. The van der Waals surface area contributed by atoms with E-state index in [1.54, 1.807) is 7.11 Å². The number of nitrogens with two attached hydrogens (primary N) is 1. The Morgan fingerprint density at radius 2 is 2.17 bits per heavy atom. The predicted octanol–water partition coefficient (Wildman–Crippen LogP) is 2.37. The molecule has 1 aromatic carbocycles. The molecule has 0 heterocycles. The average molecular weight is 315 g/mol. The summed E-state index contributed by atoms with van der Waals surface area (Å²) in [6.07, 6.45) is 0.335. The van der Waals surface area contributed by atoms with Gasteiger partial charge >= 0.3 is 0 Å². The summed E-state index contributed by atoms with van der Waals surface area (Å²) in [5.41, 5.74) is 6.60. The molecule has 1 amide bonds. The number of ether oxygens (including phenoxy) is 1. The second-order valence-electron chi connectivity index (χ2n) is 4.36. The minimum Gasteiger partial charge on any atom is -0.496 e. The molecular formula is C13H19BrN2O2. The van der Waals surface area contributed by atoms with Crippen LogP contribution >= 0.6 is 15.9 Å². The van der Waals surface area contributed by atoms with Crippen LogP contribution in [0, 0.1) is 0 Å². The van der Waals surface area contributed by atoms with E-state index in [9.17, 15) is 4.79 Å². The van der Waals surface area contributed by atoms with Crippen molar-refractivity contribution < 1.29 is 9.53 Å². The van der Waals surface area contributed by atoms with Crippen molar-refractivity contribution in [3.8, 4) is 5.75 Å². The van der Waals surface area contributed by atoms with Gasteiger partial charge in [-0.2, -0.15) is 0 Å². The number of benzene rings is 1. The lowest BCUT2D eigenvalue weighted by Gasteiger charge is -2.16. The van der Waals surface area contributed by atoms with Crippen LogP contribution in [0.5, 0.6) is 5.75 Å². The lowest BCUT2D eigenvalue weighted by molar-refractivity contribution is -0.122. The van der Waals surface area contributed by atoms with Crippen LogP contribution in [0.2, 0.25) is 0 Å². The Kier molecular flexibility index (Phi) is 5.62. The summed E-state index contributed by atoms with van der Waals surface area (Å²) < 4.78 is 6.03. The van der Waals surface area contributed by atoms with E-state index >= 15 is 0 Å². The fraction of sp³-hybridized carbons (Fsp3) is 0.462. The molecule has 4 nitrogen and oxygen atoms in total. The lowest BCUT2D eigenvalue weighted by Crippen LogP contribution is -2.31. The molecule has 0 aliphatic carbocycles. The SMILES string of the molecule is COc1ccc(C(C)NC(=O)CC(C)N)cc1Br. The van der Waals surface area contributed by atoms with Crippen LogP contribution in [0.3, 0.4) is 0 Å². The maximum Gasteiger partial charge on any atom is 0.222 e. The van der Waals surface area contributed by atoms with Crippen LogP contribution in [0.4, 0.5) is 0 Å². The molecule has 0 saturated heterocycles. The third-order valence-corrected chi connectivity index (χ3v) is 3.18. The number of hydrogen-bond donors (Lipinski definition) is 2. The van der Waals surface area contributed by atoms with Gasteiger partial charge in [-0.1, -0.05) is 6.07 Å². The topological polar surface area (TPSA) is 64.3 Å². The number of hydrogen-bond acceptors (Lipinski definition) is 3. The van der Waals surface area contributed by atoms with E-state index in [1.165, 1.54) is 0 Å². The van der Waals surface area contributed by atoms with E-state index in [1.807, 2.05) is 32.0 Å². The summed E-state index contributed by atoms with van der Waals surface area (Å²) >= 11 is 3.42. The Morgan fingerprint density at radius 1 is 1.50 bits per heavy atom. The number of methoxy groups -OCH3 is 1. The Hall–Kier alpha value is -1.07. The van der Waals surface area contributed by atoms with Crippen molar-refractivity contribution in [3.05, 3.63) is 28.2 Å². The fourth-order valence-corrected chi connectivity index (χ4v) is 2.19. The van der Waals surface area contributed by atoms with Gasteiger partial charge in [0, 0.05) is 12.5 Å². The van der Waals surface area contributed by atoms with E-state index in [-0.39, 0.29) is 18.0 Å². The van der Waals surface area contributed by atoms with Crippen molar-refractivity contribution in [2.24, 2.45) is 5.73 Å². The Morgan fingerprint density at radius 3 is 2.67 bits per heavy atom. The molecule has 2 unspecified atom stereocenters. The van der Waals surface area contributed by atoms with Gasteiger partial charge < -0.3 is 15.8 Å². The number of carbonyl (C=O) groups is 1. The molecule has 0 radical (unpaired) electrons. The van der Waals surface area contributed by atoms with Gasteiger partial charge in [-0.3, -0.25) is 4.79 Å². The number of halogens is 1. The van der Waals surface area contributed by atoms with Crippen LogP contribution in [-0.2, 0) is 4.79 Å². The molecule has 0 saturated carbocycles. The predicted molar refractivity (Wildman–Crippen MR) is 75.5 cm³/mol. The van der Waals surface area contributed by atoms with Crippen LogP contribution in [0.15, 0.2) is 22.7 Å². The molecule has 0 aliphatic rings. The highest BCUT2D eigenvalue weighted by molar-refractivity contribution is 9.10. The molecule has 0 aliphatic heterocycles. The van der Waals surface area contributed by atoms with Gasteiger partial charge in [0.2, 0.25) is 5.91 Å². The Bertz CT molecular complexity index is 421. The highest BCUT2D eigenvalue weighted by Crippen LogP contribution is 2.27. The van der Waals surface area contributed by atoms with Crippen molar-refractivity contribution in [2.75, 3.05) is 7.11 Å². The maximum absolute atomic E-state index is 11.6. The minimum absolute atomic E-state index is 0.0376. The molecule has 1 rings (SSSR count). The largest absolute Gasteiger partial charge is 0.496 e. The normalized spacial score (nSPS) is 13.8. The van der Waals surface area contributed by atoms with Crippen molar-refractivity contribution in [3.63, 3.8) is 0 Å². The van der Waals surface area contributed by atoms with E-state index in [0.29, 0.717) is 6.42 Å². The molecule has 0 bridgehead atoms. The standard InChI is InChI=1S/C13H19BrN2O2/c1-8(15)6-13(17)16-9(2)10-4-5-12(18-3)11(14)7-10/h4-5,7-9H,6,15H2,1-3H3,(H,16,17). The zero-order valence-corrected chi connectivity index (χ0v) is 12.5. The fourth-order valence-electron chi connectivity index (χ4n) is 1.63. The Labute approximate surface area is 116 Å². The molecular weight excluding hydrogens is 296 g/mol. The molecule has 0 spiro atoms. The van der Waals surface area contributed by atoms with Crippen molar-refractivity contribution in [2.45, 2.75) is 32.4 Å². The van der Waals surface area contributed by atoms with Crippen LogP contribution in [-0.4, -0.2) is 19.1 Å². The third kappa shape index (κ3) is 4.31. The van der Waals surface area contributed by atoms with Crippen molar-refractivity contribution in [1.29, 1.82) is 0 Å². The van der Waals surface area contributed by atoms with Crippen LogP contribution in [0.25, 0.3) is 0 Å². The van der Waals surface area contributed by atoms with Gasteiger partial charge in [0.15, 0.2) is 0 Å². The average Bonchev–Trinajstić information content (AvgIpc) is 2.27. The smallest absolute Gasteiger partial charge is 0.222 e. The highest BCUT2D eigenvalue weighted by Gasteiger charge is 2.12. The van der Waals surface area contributed by atoms with Crippen molar-refractivity contribution >= 4 is 21.8 Å². The quantitative estimate of drug-likeness (QED) is 0.877. The first-order valence-electron chi connectivity index (χ1n) is 5.82. The minimum atomic E-state index is -0.125. The second kappa shape index (κ2) is 6.75. The molecule has 5 heteroatoms. The van der Waals surface area contributed by atoms with Crippen LogP contribution in [0.1, 0.15) is 31.9 Å². The monoisotopic (exact) mass is 314 g/mol. The summed E-state index contributed by atoms with van der Waals surface area (Å²) in [6, 6.07) is 5.56. The summed E-state index contributed by atoms with van der Waals surface area (Å²) in [7, 11) is 1.62. The number of nitrogens with one attached hydrogen (secondary N) is 1. The lowest BCUT2D eigenvalue weighted by atomic mass is 10.1. The van der Waals surface area contributed by atoms with Gasteiger partial charge in [0.05, 0.1) is 17.6 Å². The van der Waals surface area contributed by atoms with E-state index in [4.69, 9.17) is 10.5 Å². The summed E-state index contributed by atoms with van der Waals surface area (Å²) in [5.74, 6) is 0.734. The molecule has 0 fully saturated rings. The number of amides is 1. The molecule has 100 valence electrons. The van der Waals surface area contributed by atoms with Gasteiger partial charge in [-0.05, 0) is 47.5 Å².